The Kier molecular flexibility index (Phi) is 4.26. The maximum absolute atomic E-state index is 13.5. The van der Waals surface area contributed by atoms with Gasteiger partial charge in [-0.1, -0.05) is 17.7 Å². The van der Waals surface area contributed by atoms with E-state index in [1.165, 1.54) is 18.2 Å². The van der Waals surface area contributed by atoms with Crippen molar-refractivity contribution < 1.29 is 14.3 Å². The highest BCUT2D eigenvalue weighted by Gasteiger charge is 2.13. The molecule has 2 rings (SSSR count). The molecular weight excluding hydrogens is 384 g/mol. The Bertz CT molecular complexity index is 628. The Morgan fingerprint density at radius 2 is 2.05 bits per heavy atom. The van der Waals surface area contributed by atoms with E-state index in [-0.39, 0.29) is 11.4 Å². The van der Waals surface area contributed by atoms with Gasteiger partial charge < -0.3 is 10.4 Å². The molecule has 3 nitrogen and oxygen atoms in total. The van der Waals surface area contributed by atoms with Gasteiger partial charge >= 0.3 is 0 Å². The molecule has 2 aromatic carbocycles. The van der Waals surface area contributed by atoms with Crippen LogP contribution in [0.4, 0.5) is 10.1 Å². The summed E-state index contributed by atoms with van der Waals surface area (Å²) in [6.07, 6.45) is 0. The second kappa shape index (κ2) is 5.75. The molecule has 2 aromatic rings. The van der Waals surface area contributed by atoms with Gasteiger partial charge in [-0.25, -0.2) is 4.39 Å². The first-order chi connectivity index (χ1) is 8.99. The van der Waals surface area contributed by atoms with Crippen molar-refractivity contribution in [2.24, 2.45) is 0 Å². The molecule has 0 heterocycles. The number of carbonyl (C=O) groups is 1. The number of anilines is 1. The molecule has 0 spiro atoms. The van der Waals surface area contributed by atoms with Gasteiger partial charge in [-0.05, 0) is 52.9 Å². The molecule has 0 unspecified atom stereocenters. The van der Waals surface area contributed by atoms with Crippen LogP contribution in [-0.2, 0) is 0 Å². The largest absolute Gasteiger partial charge is 0.506 e. The summed E-state index contributed by atoms with van der Waals surface area (Å²) in [7, 11) is 0. The van der Waals surface area contributed by atoms with E-state index in [9.17, 15) is 14.3 Å². The number of hydrogen-bond acceptors (Lipinski definition) is 2. The number of halogens is 3. The van der Waals surface area contributed by atoms with Crippen LogP contribution in [0, 0.1) is 9.39 Å². The Morgan fingerprint density at radius 1 is 1.32 bits per heavy atom. The number of carbonyl (C=O) groups excluding carboxylic acids is 1. The predicted octanol–water partition coefficient (Wildman–Crippen LogP) is 4.04. The van der Waals surface area contributed by atoms with Crippen LogP contribution in [0.25, 0.3) is 0 Å². The smallest absolute Gasteiger partial charge is 0.255 e. The second-order valence-electron chi connectivity index (χ2n) is 3.72. The highest BCUT2D eigenvalue weighted by atomic mass is 127. The number of nitrogens with one attached hydrogen (secondary N) is 1. The molecule has 0 fully saturated rings. The molecule has 0 bridgehead atoms. The number of hydrogen-bond donors (Lipinski definition) is 2. The summed E-state index contributed by atoms with van der Waals surface area (Å²) in [6, 6.07) is 8.49. The maximum Gasteiger partial charge on any atom is 0.255 e. The zero-order valence-electron chi connectivity index (χ0n) is 9.45. The lowest BCUT2D eigenvalue weighted by atomic mass is 10.2. The number of aromatic hydroxyl groups is 1. The molecule has 0 aliphatic rings. The molecule has 1 amide bonds. The SMILES string of the molecule is O=C(Nc1c(O)cccc1F)c1ccc(Cl)c(I)c1. The number of phenolic OH excluding ortho intramolecular Hbond substituents is 1. The van der Waals surface area contributed by atoms with E-state index in [0.29, 0.717) is 14.2 Å². The first-order valence-corrected chi connectivity index (χ1v) is 6.68. The molecule has 0 aliphatic heterocycles. The highest BCUT2D eigenvalue weighted by molar-refractivity contribution is 14.1. The predicted molar refractivity (Wildman–Crippen MR) is 80.2 cm³/mol. The van der Waals surface area contributed by atoms with Gasteiger partial charge in [-0.15, -0.1) is 0 Å². The zero-order valence-corrected chi connectivity index (χ0v) is 12.4. The van der Waals surface area contributed by atoms with E-state index >= 15 is 0 Å². The Labute approximate surface area is 127 Å². The number of amides is 1. The first-order valence-electron chi connectivity index (χ1n) is 5.23. The van der Waals surface area contributed by atoms with Crippen molar-refractivity contribution in [1.29, 1.82) is 0 Å². The third kappa shape index (κ3) is 3.16. The highest BCUT2D eigenvalue weighted by Crippen LogP contribution is 2.27. The molecule has 0 saturated carbocycles. The van der Waals surface area contributed by atoms with Gasteiger partial charge in [0.25, 0.3) is 5.91 Å². The van der Waals surface area contributed by atoms with E-state index < -0.39 is 11.7 Å². The molecule has 98 valence electrons. The fourth-order valence-electron chi connectivity index (χ4n) is 1.46. The van der Waals surface area contributed by atoms with Crippen LogP contribution in [0.3, 0.4) is 0 Å². The third-order valence-electron chi connectivity index (χ3n) is 2.41. The molecule has 0 aliphatic carbocycles. The average Bonchev–Trinajstić information content (AvgIpc) is 2.37. The van der Waals surface area contributed by atoms with Gasteiger partial charge in [0.1, 0.15) is 11.4 Å². The summed E-state index contributed by atoms with van der Waals surface area (Å²) in [5.74, 6) is -1.54. The molecule has 6 heteroatoms. The minimum absolute atomic E-state index is 0.238. The van der Waals surface area contributed by atoms with Gasteiger partial charge in [0, 0.05) is 9.13 Å². The Morgan fingerprint density at radius 3 is 2.68 bits per heavy atom. The lowest BCUT2D eigenvalue weighted by Crippen LogP contribution is -2.13. The van der Waals surface area contributed by atoms with Crippen molar-refractivity contribution in [3.63, 3.8) is 0 Å². The lowest BCUT2D eigenvalue weighted by Gasteiger charge is -2.08. The topological polar surface area (TPSA) is 49.3 Å². The summed E-state index contributed by atoms with van der Waals surface area (Å²) >= 11 is 7.85. The van der Waals surface area contributed by atoms with Gasteiger partial charge in [-0.2, -0.15) is 0 Å². The fraction of sp³-hybridized carbons (Fsp3) is 0. The minimum Gasteiger partial charge on any atom is -0.506 e. The average molecular weight is 392 g/mol. The van der Waals surface area contributed by atoms with Gasteiger partial charge in [0.15, 0.2) is 5.82 Å². The van der Waals surface area contributed by atoms with E-state index in [2.05, 4.69) is 5.32 Å². The van der Waals surface area contributed by atoms with Crippen molar-refractivity contribution in [1.82, 2.24) is 0 Å². The number of para-hydroxylation sites is 1. The molecule has 0 saturated heterocycles. The Balaban J connectivity index is 2.28. The minimum atomic E-state index is -0.697. The van der Waals surface area contributed by atoms with Crippen molar-refractivity contribution in [3.8, 4) is 5.75 Å². The lowest BCUT2D eigenvalue weighted by molar-refractivity contribution is 0.102. The van der Waals surface area contributed by atoms with Crippen molar-refractivity contribution >= 4 is 45.8 Å². The number of rotatable bonds is 2. The van der Waals surface area contributed by atoms with Crippen LogP contribution in [-0.4, -0.2) is 11.0 Å². The van der Waals surface area contributed by atoms with E-state index in [1.54, 1.807) is 12.1 Å². The number of benzene rings is 2. The van der Waals surface area contributed by atoms with Crippen LogP contribution in [0.2, 0.25) is 5.02 Å². The van der Waals surface area contributed by atoms with E-state index in [0.717, 1.165) is 6.07 Å². The van der Waals surface area contributed by atoms with Crippen molar-refractivity contribution in [3.05, 3.63) is 56.4 Å². The fourth-order valence-corrected chi connectivity index (χ4v) is 2.09. The second-order valence-corrected chi connectivity index (χ2v) is 5.29. The van der Waals surface area contributed by atoms with Crippen LogP contribution >= 0.6 is 34.2 Å². The standard InChI is InChI=1S/C13H8ClFINO2/c14-8-5-4-7(6-10(8)16)13(19)17-12-9(15)2-1-3-11(12)18/h1-6,18H,(H,17,19). The van der Waals surface area contributed by atoms with Gasteiger partial charge in [-0.3, -0.25) is 4.79 Å². The summed E-state index contributed by atoms with van der Waals surface area (Å²) in [5.41, 5.74) is 0.0916. The van der Waals surface area contributed by atoms with Crippen LogP contribution in [0.1, 0.15) is 10.4 Å². The molecular formula is C13H8ClFINO2. The van der Waals surface area contributed by atoms with Crippen LogP contribution < -0.4 is 5.32 Å². The summed E-state index contributed by atoms with van der Waals surface area (Å²) in [4.78, 5) is 11.9. The zero-order chi connectivity index (χ0) is 14.0. The summed E-state index contributed by atoms with van der Waals surface area (Å²) < 4.78 is 14.2. The molecule has 2 N–H and O–H groups in total. The normalized spacial score (nSPS) is 10.3. The molecule has 0 radical (unpaired) electrons. The summed E-state index contributed by atoms with van der Waals surface area (Å²) in [5, 5.41) is 12.4. The maximum atomic E-state index is 13.5. The number of phenols is 1. The molecule has 0 atom stereocenters. The van der Waals surface area contributed by atoms with Crippen molar-refractivity contribution in [2.75, 3.05) is 5.32 Å². The van der Waals surface area contributed by atoms with Gasteiger partial charge in [0.05, 0.1) is 5.02 Å². The van der Waals surface area contributed by atoms with Crippen LogP contribution in [0.15, 0.2) is 36.4 Å². The Hall–Kier alpha value is -1.34. The molecule has 0 aromatic heterocycles. The monoisotopic (exact) mass is 391 g/mol. The first kappa shape index (κ1) is 14.1. The third-order valence-corrected chi connectivity index (χ3v) is 3.95. The quantitative estimate of drug-likeness (QED) is 0.600. The molecule has 19 heavy (non-hydrogen) atoms. The van der Waals surface area contributed by atoms with E-state index in [4.69, 9.17) is 11.6 Å². The van der Waals surface area contributed by atoms with Crippen LogP contribution in [0.5, 0.6) is 5.75 Å². The van der Waals surface area contributed by atoms with Gasteiger partial charge in [0.2, 0.25) is 0 Å². The van der Waals surface area contributed by atoms with Crippen molar-refractivity contribution in [2.45, 2.75) is 0 Å². The summed E-state index contributed by atoms with van der Waals surface area (Å²) in [6.45, 7) is 0. The van der Waals surface area contributed by atoms with E-state index in [1.807, 2.05) is 22.6 Å².